The zero-order chi connectivity index (χ0) is 12.6. The predicted octanol–water partition coefficient (Wildman–Crippen LogP) is 2.45. The molecule has 0 aromatic rings. The number of rotatable bonds is 8. The van der Waals surface area contributed by atoms with E-state index in [-0.39, 0.29) is 37.6 Å². The van der Waals surface area contributed by atoms with E-state index < -0.39 is 0 Å². The Hall–Kier alpha value is -0.900. The van der Waals surface area contributed by atoms with E-state index in [0.29, 0.717) is 19.6 Å². The summed E-state index contributed by atoms with van der Waals surface area (Å²) in [5, 5.41) is 0. The standard InChI is InChI=1S/C12H22O4.CH4/c1-9(2)11(13)5-6-15-7-8-16-12(14)10(3)4;/h9-10H,5-8H2,1-4H3;1H4. The number of Topliss-reactive ketones (excluding diaryl/α,β-unsaturated/α-hetero) is 1. The molecule has 0 saturated carbocycles. The summed E-state index contributed by atoms with van der Waals surface area (Å²) in [7, 11) is 0. The van der Waals surface area contributed by atoms with Crippen LogP contribution in [0.25, 0.3) is 0 Å². The monoisotopic (exact) mass is 246 g/mol. The second kappa shape index (κ2) is 10.3. The largest absolute Gasteiger partial charge is 0.463 e. The predicted molar refractivity (Wildman–Crippen MR) is 67.8 cm³/mol. The second-order valence-electron chi connectivity index (χ2n) is 4.31. The first-order valence-electron chi connectivity index (χ1n) is 5.72. The van der Waals surface area contributed by atoms with Crippen LogP contribution in [-0.4, -0.2) is 31.6 Å². The van der Waals surface area contributed by atoms with Crippen molar-refractivity contribution in [3.8, 4) is 0 Å². The van der Waals surface area contributed by atoms with Gasteiger partial charge in [0.2, 0.25) is 0 Å². The highest BCUT2D eigenvalue weighted by atomic mass is 16.6. The van der Waals surface area contributed by atoms with Gasteiger partial charge in [-0.25, -0.2) is 0 Å². The molecule has 0 rings (SSSR count). The van der Waals surface area contributed by atoms with E-state index in [9.17, 15) is 9.59 Å². The first-order valence-corrected chi connectivity index (χ1v) is 5.72. The molecule has 0 unspecified atom stereocenters. The minimum absolute atomic E-state index is 0. The molecule has 0 amide bonds. The van der Waals surface area contributed by atoms with Gasteiger partial charge < -0.3 is 9.47 Å². The van der Waals surface area contributed by atoms with Crippen molar-refractivity contribution in [3.05, 3.63) is 0 Å². The topological polar surface area (TPSA) is 52.6 Å². The fraction of sp³-hybridized carbons (Fsp3) is 0.846. The van der Waals surface area contributed by atoms with Crippen molar-refractivity contribution >= 4 is 11.8 Å². The molecular formula is C13H26O4. The fourth-order valence-corrected chi connectivity index (χ4v) is 0.931. The lowest BCUT2D eigenvalue weighted by Crippen LogP contribution is -2.16. The summed E-state index contributed by atoms with van der Waals surface area (Å²) in [6, 6.07) is 0. The highest BCUT2D eigenvalue weighted by Gasteiger charge is 2.08. The van der Waals surface area contributed by atoms with E-state index in [0.717, 1.165) is 0 Å². The molecule has 0 radical (unpaired) electrons. The van der Waals surface area contributed by atoms with Crippen LogP contribution in [0, 0.1) is 11.8 Å². The molecule has 0 heterocycles. The Morgan fingerprint density at radius 2 is 1.53 bits per heavy atom. The normalized spacial score (nSPS) is 10.2. The van der Waals surface area contributed by atoms with E-state index in [1.54, 1.807) is 13.8 Å². The molecule has 0 aromatic carbocycles. The zero-order valence-corrected chi connectivity index (χ0v) is 10.6. The van der Waals surface area contributed by atoms with Crippen LogP contribution in [0.15, 0.2) is 0 Å². The molecule has 0 atom stereocenters. The Balaban J connectivity index is 0. The van der Waals surface area contributed by atoms with E-state index in [4.69, 9.17) is 9.47 Å². The van der Waals surface area contributed by atoms with Gasteiger partial charge in [0.05, 0.1) is 19.1 Å². The van der Waals surface area contributed by atoms with Crippen molar-refractivity contribution in [2.75, 3.05) is 19.8 Å². The number of carbonyl (C=O) groups excluding carboxylic acids is 2. The summed E-state index contributed by atoms with van der Waals surface area (Å²) in [4.78, 5) is 22.2. The van der Waals surface area contributed by atoms with Gasteiger partial charge in [0.1, 0.15) is 12.4 Å². The average molecular weight is 246 g/mol. The first kappa shape index (κ1) is 18.5. The maximum atomic E-state index is 11.2. The molecule has 0 fully saturated rings. The maximum absolute atomic E-state index is 11.2. The van der Waals surface area contributed by atoms with E-state index >= 15 is 0 Å². The molecule has 0 saturated heterocycles. The van der Waals surface area contributed by atoms with Crippen LogP contribution in [0.2, 0.25) is 0 Å². The lowest BCUT2D eigenvalue weighted by Gasteiger charge is -2.08. The van der Waals surface area contributed by atoms with Gasteiger partial charge in [0, 0.05) is 12.3 Å². The molecule has 0 N–H and O–H groups in total. The Labute approximate surface area is 105 Å². The zero-order valence-electron chi connectivity index (χ0n) is 10.6. The molecule has 17 heavy (non-hydrogen) atoms. The van der Waals surface area contributed by atoms with Crippen molar-refractivity contribution in [1.82, 2.24) is 0 Å². The molecule has 0 bridgehead atoms. The van der Waals surface area contributed by atoms with Crippen LogP contribution < -0.4 is 0 Å². The summed E-state index contributed by atoms with van der Waals surface area (Å²) in [5.74, 6) is -0.0779. The minimum Gasteiger partial charge on any atom is -0.463 e. The third-order valence-electron chi connectivity index (χ3n) is 2.08. The van der Waals surface area contributed by atoms with Gasteiger partial charge in [-0.3, -0.25) is 9.59 Å². The van der Waals surface area contributed by atoms with Crippen molar-refractivity contribution in [1.29, 1.82) is 0 Å². The number of ether oxygens (including phenoxy) is 2. The van der Waals surface area contributed by atoms with E-state index in [2.05, 4.69) is 0 Å². The SMILES string of the molecule is C.CC(C)C(=O)CCOCCOC(=O)C(C)C. The van der Waals surface area contributed by atoms with Gasteiger partial charge in [0.25, 0.3) is 0 Å². The first-order chi connectivity index (χ1) is 7.45. The smallest absolute Gasteiger partial charge is 0.308 e. The lowest BCUT2D eigenvalue weighted by molar-refractivity contribution is -0.149. The number of esters is 1. The second-order valence-corrected chi connectivity index (χ2v) is 4.31. The molecule has 0 aliphatic rings. The Morgan fingerprint density at radius 3 is 2.00 bits per heavy atom. The van der Waals surface area contributed by atoms with Gasteiger partial charge in [-0.15, -0.1) is 0 Å². The van der Waals surface area contributed by atoms with Gasteiger partial charge in [-0.05, 0) is 0 Å². The van der Waals surface area contributed by atoms with Crippen LogP contribution >= 0.6 is 0 Å². The van der Waals surface area contributed by atoms with Crippen molar-refractivity contribution < 1.29 is 19.1 Å². The van der Waals surface area contributed by atoms with Crippen molar-refractivity contribution in [2.45, 2.75) is 41.5 Å². The third kappa shape index (κ3) is 10.00. The molecule has 102 valence electrons. The summed E-state index contributed by atoms with van der Waals surface area (Å²) in [6.45, 7) is 8.31. The van der Waals surface area contributed by atoms with E-state index in [1.807, 2.05) is 13.8 Å². The molecule has 0 aliphatic heterocycles. The third-order valence-corrected chi connectivity index (χ3v) is 2.08. The number of ketones is 1. The lowest BCUT2D eigenvalue weighted by atomic mass is 10.1. The summed E-state index contributed by atoms with van der Waals surface area (Å²) in [6.07, 6.45) is 0.426. The van der Waals surface area contributed by atoms with Crippen LogP contribution in [0.1, 0.15) is 41.5 Å². The summed E-state index contributed by atoms with van der Waals surface area (Å²) < 4.78 is 10.1. The molecular weight excluding hydrogens is 220 g/mol. The molecule has 0 aromatic heterocycles. The van der Waals surface area contributed by atoms with Gasteiger partial charge >= 0.3 is 5.97 Å². The number of hydrogen-bond donors (Lipinski definition) is 0. The highest BCUT2D eigenvalue weighted by Crippen LogP contribution is 1.99. The maximum Gasteiger partial charge on any atom is 0.308 e. The fourth-order valence-electron chi connectivity index (χ4n) is 0.931. The Kier molecular flexibility index (Phi) is 11.2. The molecule has 0 aliphatic carbocycles. The van der Waals surface area contributed by atoms with Crippen LogP contribution in [0.3, 0.4) is 0 Å². The van der Waals surface area contributed by atoms with Crippen molar-refractivity contribution in [3.63, 3.8) is 0 Å². The molecule has 4 heteroatoms. The minimum atomic E-state index is -0.221. The quantitative estimate of drug-likeness (QED) is 0.487. The molecule has 4 nitrogen and oxygen atoms in total. The van der Waals surface area contributed by atoms with E-state index in [1.165, 1.54) is 0 Å². The van der Waals surface area contributed by atoms with Gasteiger partial charge in [0.15, 0.2) is 0 Å². The van der Waals surface area contributed by atoms with Crippen molar-refractivity contribution in [2.24, 2.45) is 11.8 Å². The Bertz CT molecular complexity index is 197. The van der Waals surface area contributed by atoms with Gasteiger partial charge in [-0.2, -0.15) is 0 Å². The highest BCUT2D eigenvalue weighted by molar-refractivity contribution is 5.80. The van der Waals surface area contributed by atoms with Crippen LogP contribution in [-0.2, 0) is 19.1 Å². The summed E-state index contributed by atoms with van der Waals surface area (Å²) in [5.41, 5.74) is 0. The number of hydrogen-bond acceptors (Lipinski definition) is 4. The van der Waals surface area contributed by atoms with Crippen LogP contribution in [0.4, 0.5) is 0 Å². The number of carbonyl (C=O) groups is 2. The summed E-state index contributed by atoms with van der Waals surface area (Å²) >= 11 is 0. The average Bonchev–Trinajstić information content (AvgIpc) is 2.21. The Morgan fingerprint density at radius 1 is 0.941 bits per heavy atom. The molecule has 0 spiro atoms. The van der Waals surface area contributed by atoms with Gasteiger partial charge in [-0.1, -0.05) is 35.1 Å². The van der Waals surface area contributed by atoms with Crippen LogP contribution in [0.5, 0.6) is 0 Å².